The minimum atomic E-state index is -0.00218. The van der Waals surface area contributed by atoms with Gasteiger partial charge in [-0.05, 0) is 44.4 Å². The van der Waals surface area contributed by atoms with Gasteiger partial charge >= 0.3 is 0 Å². The maximum atomic E-state index is 12.5. The molecule has 5 heteroatoms. The number of nitrogens with zero attached hydrogens (tertiary/aromatic N) is 1. The predicted molar refractivity (Wildman–Crippen MR) is 73.6 cm³/mol. The first-order chi connectivity index (χ1) is 8.63. The second-order valence-electron chi connectivity index (χ2n) is 4.68. The molecule has 3 N–H and O–H groups in total. The lowest BCUT2D eigenvalue weighted by molar-refractivity contribution is 0.0636. The van der Waals surface area contributed by atoms with Crippen LogP contribution in [0.4, 0.5) is 5.69 Å². The maximum absolute atomic E-state index is 12.5. The number of carbonyl (C=O) groups excluding carboxylic acids is 1. The van der Waals surface area contributed by atoms with Crippen LogP contribution >= 0.6 is 11.6 Å². The molecule has 0 bridgehead atoms. The van der Waals surface area contributed by atoms with Crippen LogP contribution in [0.5, 0.6) is 0 Å². The number of nitrogens with two attached hydrogens (primary N) is 1. The maximum Gasteiger partial charge on any atom is 0.256 e. The number of halogens is 1. The Kier molecular flexibility index (Phi) is 4.09. The molecule has 0 saturated carbocycles. The molecular weight excluding hydrogens is 250 g/mol. The molecule has 1 fully saturated rings. The molecule has 0 radical (unpaired) electrons. The summed E-state index contributed by atoms with van der Waals surface area (Å²) in [5, 5.41) is 0.544. The van der Waals surface area contributed by atoms with E-state index >= 15 is 0 Å². The van der Waals surface area contributed by atoms with Gasteiger partial charge in [-0.25, -0.2) is 0 Å². The van der Waals surface area contributed by atoms with Crippen LogP contribution in [0.2, 0.25) is 5.02 Å². The third-order valence-electron chi connectivity index (χ3n) is 3.43. The van der Waals surface area contributed by atoms with Gasteiger partial charge in [0.1, 0.15) is 0 Å². The number of nitrogen functional groups attached to an aromatic ring is 1. The fraction of sp³-hybridized carbons (Fsp3) is 0.462. The van der Waals surface area contributed by atoms with Gasteiger partial charge < -0.3 is 10.3 Å². The number of likely N-dealkylation sites (tertiary alicyclic amines) is 1. The zero-order chi connectivity index (χ0) is 13.1. The van der Waals surface area contributed by atoms with Crippen molar-refractivity contribution in [2.24, 2.45) is 5.84 Å². The summed E-state index contributed by atoms with van der Waals surface area (Å²) in [6.45, 7) is 2.88. The van der Waals surface area contributed by atoms with Crippen molar-refractivity contribution in [3.8, 4) is 0 Å². The number of anilines is 1. The molecule has 1 unspecified atom stereocenters. The highest BCUT2D eigenvalue weighted by Crippen LogP contribution is 2.25. The Morgan fingerprint density at radius 2 is 2.28 bits per heavy atom. The van der Waals surface area contributed by atoms with Crippen molar-refractivity contribution in [2.75, 3.05) is 12.0 Å². The third kappa shape index (κ3) is 2.60. The lowest BCUT2D eigenvalue weighted by atomic mass is 10.0. The predicted octanol–water partition coefficient (Wildman–Crippen LogP) is 2.64. The number of benzene rings is 1. The Balaban J connectivity index is 2.29. The van der Waals surface area contributed by atoms with Crippen LogP contribution in [0, 0.1) is 0 Å². The van der Waals surface area contributed by atoms with Gasteiger partial charge in [-0.2, -0.15) is 0 Å². The SMILES string of the molecule is CC1CCCCN1C(=O)c1cc(Cl)ccc1NN. The summed E-state index contributed by atoms with van der Waals surface area (Å²) in [5.41, 5.74) is 3.71. The molecule has 1 aromatic rings. The van der Waals surface area contributed by atoms with E-state index in [0.29, 0.717) is 16.3 Å². The van der Waals surface area contributed by atoms with E-state index in [2.05, 4.69) is 12.3 Å². The molecule has 1 atom stereocenters. The fourth-order valence-electron chi connectivity index (χ4n) is 2.37. The highest BCUT2D eigenvalue weighted by molar-refractivity contribution is 6.31. The largest absolute Gasteiger partial charge is 0.336 e. The molecule has 1 heterocycles. The zero-order valence-corrected chi connectivity index (χ0v) is 11.2. The van der Waals surface area contributed by atoms with Crippen molar-refractivity contribution in [3.63, 3.8) is 0 Å². The standard InChI is InChI=1S/C13H18ClN3O/c1-9-4-2-3-7-17(9)13(18)11-8-10(14)5-6-12(11)16-15/h5-6,8-9,16H,2-4,7,15H2,1H3. The summed E-state index contributed by atoms with van der Waals surface area (Å²) in [7, 11) is 0. The van der Waals surface area contributed by atoms with Crippen molar-refractivity contribution in [2.45, 2.75) is 32.2 Å². The van der Waals surface area contributed by atoms with Gasteiger partial charge in [0.05, 0.1) is 11.3 Å². The average molecular weight is 268 g/mol. The summed E-state index contributed by atoms with van der Waals surface area (Å²) < 4.78 is 0. The number of piperidine rings is 1. The van der Waals surface area contributed by atoms with Gasteiger partial charge in [-0.15, -0.1) is 0 Å². The second-order valence-corrected chi connectivity index (χ2v) is 5.11. The van der Waals surface area contributed by atoms with Crippen molar-refractivity contribution in [1.82, 2.24) is 4.90 Å². The monoisotopic (exact) mass is 267 g/mol. The quantitative estimate of drug-likeness (QED) is 0.640. The fourth-order valence-corrected chi connectivity index (χ4v) is 2.55. The lowest BCUT2D eigenvalue weighted by Crippen LogP contribution is -2.42. The summed E-state index contributed by atoms with van der Waals surface area (Å²) >= 11 is 5.95. The van der Waals surface area contributed by atoms with Crippen LogP contribution in [-0.2, 0) is 0 Å². The molecule has 0 aliphatic carbocycles. The number of rotatable bonds is 2. The van der Waals surface area contributed by atoms with Crippen LogP contribution in [0.15, 0.2) is 18.2 Å². The van der Waals surface area contributed by atoms with E-state index in [0.717, 1.165) is 19.4 Å². The molecular formula is C13H18ClN3O. The van der Waals surface area contributed by atoms with Crippen LogP contribution in [0.1, 0.15) is 36.5 Å². The van der Waals surface area contributed by atoms with Crippen LogP contribution in [-0.4, -0.2) is 23.4 Å². The zero-order valence-electron chi connectivity index (χ0n) is 10.4. The molecule has 0 aromatic heterocycles. The molecule has 2 rings (SSSR count). The van der Waals surface area contributed by atoms with Crippen molar-refractivity contribution < 1.29 is 4.79 Å². The summed E-state index contributed by atoms with van der Waals surface area (Å²) in [6, 6.07) is 5.38. The molecule has 98 valence electrons. The van der Waals surface area contributed by atoms with E-state index in [1.165, 1.54) is 6.42 Å². The van der Waals surface area contributed by atoms with E-state index in [1.807, 2.05) is 4.90 Å². The molecule has 18 heavy (non-hydrogen) atoms. The van der Waals surface area contributed by atoms with E-state index < -0.39 is 0 Å². The van der Waals surface area contributed by atoms with Gasteiger partial charge in [0, 0.05) is 17.6 Å². The number of nitrogens with one attached hydrogen (secondary N) is 1. The number of hydrogen-bond acceptors (Lipinski definition) is 3. The van der Waals surface area contributed by atoms with Crippen LogP contribution < -0.4 is 11.3 Å². The van der Waals surface area contributed by atoms with E-state index in [-0.39, 0.29) is 11.9 Å². The summed E-state index contributed by atoms with van der Waals surface area (Å²) in [4.78, 5) is 14.4. The van der Waals surface area contributed by atoms with E-state index in [4.69, 9.17) is 17.4 Å². The van der Waals surface area contributed by atoms with Gasteiger partial charge in [-0.3, -0.25) is 10.6 Å². The Morgan fingerprint density at radius 3 is 2.94 bits per heavy atom. The lowest BCUT2D eigenvalue weighted by Gasteiger charge is -2.33. The highest BCUT2D eigenvalue weighted by Gasteiger charge is 2.25. The van der Waals surface area contributed by atoms with Gasteiger partial charge in [0.15, 0.2) is 0 Å². The number of carbonyl (C=O) groups is 1. The van der Waals surface area contributed by atoms with Gasteiger partial charge in [-0.1, -0.05) is 11.6 Å². The Morgan fingerprint density at radius 1 is 1.50 bits per heavy atom. The normalized spacial score (nSPS) is 19.7. The van der Waals surface area contributed by atoms with Crippen molar-refractivity contribution in [1.29, 1.82) is 0 Å². The minimum Gasteiger partial charge on any atom is -0.336 e. The van der Waals surface area contributed by atoms with Crippen LogP contribution in [0.3, 0.4) is 0 Å². The number of hydrogen-bond donors (Lipinski definition) is 2. The van der Waals surface area contributed by atoms with Gasteiger partial charge in [0.2, 0.25) is 0 Å². The smallest absolute Gasteiger partial charge is 0.256 e. The van der Waals surface area contributed by atoms with E-state index in [1.54, 1.807) is 18.2 Å². The molecule has 0 spiro atoms. The Labute approximate surface area is 112 Å². The van der Waals surface area contributed by atoms with Crippen LogP contribution in [0.25, 0.3) is 0 Å². The highest BCUT2D eigenvalue weighted by atomic mass is 35.5. The summed E-state index contributed by atoms with van der Waals surface area (Å²) in [5.74, 6) is 5.44. The topological polar surface area (TPSA) is 58.4 Å². The Bertz CT molecular complexity index is 450. The molecule has 1 amide bonds. The average Bonchev–Trinajstić information content (AvgIpc) is 2.38. The second kappa shape index (κ2) is 5.59. The minimum absolute atomic E-state index is 0.00218. The van der Waals surface area contributed by atoms with Gasteiger partial charge in [0.25, 0.3) is 5.91 Å². The first kappa shape index (κ1) is 13.2. The van der Waals surface area contributed by atoms with Crippen molar-refractivity contribution >= 4 is 23.2 Å². The number of amides is 1. The molecule has 4 nitrogen and oxygen atoms in total. The third-order valence-corrected chi connectivity index (χ3v) is 3.67. The Hall–Kier alpha value is -1.26. The summed E-state index contributed by atoms with van der Waals surface area (Å²) in [6.07, 6.45) is 3.29. The van der Waals surface area contributed by atoms with Crippen molar-refractivity contribution in [3.05, 3.63) is 28.8 Å². The van der Waals surface area contributed by atoms with E-state index in [9.17, 15) is 4.79 Å². The molecule has 1 aliphatic heterocycles. The molecule has 1 aliphatic rings. The first-order valence-corrected chi connectivity index (χ1v) is 6.58. The molecule has 1 saturated heterocycles. The molecule has 1 aromatic carbocycles. The first-order valence-electron chi connectivity index (χ1n) is 6.20. The number of hydrazine groups is 1.